The minimum absolute atomic E-state index is 0.0590. The van der Waals surface area contributed by atoms with Gasteiger partial charge in [0, 0.05) is 19.1 Å². The predicted molar refractivity (Wildman–Crippen MR) is 56.5 cm³/mol. The molecule has 6 heteroatoms. The zero-order valence-electron chi connectivity index (χ0n) is 8.57. The molecule has 0 aromatic carbocycles. The molecule has 0 saturated carbocycles. The Balaban J connectivity index is 2.31. The van der Waals surface area contributed by atoms with Gasteiger partial charge in [-0.1, -0.05) is 0 Å². The minimum Gasteiger partial charge on any atom is -0.316 e. The Bertz CT molecular complexity index is 266. The summed E-state index contributed by atoms with van der Waals surface area (Å²) in [7, 11) is -1.37. The molecule has 3 N–H and O–H groups in total. The van der Waals surface area contributed by atoms with Gasteiger partial charge in [-0.25, -0.2) is 13.6 Å². The summed E-state index contributed by atoms with van der Waals surface area (Å²) >= 11 is 0. The Hall–Kier alpha value is -0.170. The average Bonchev–Trinajstić information content (AvgIpc) is 2.14. The summed E-state index contributed by atoms with van der Waals surface area (Å²) in [4.78, 5) is 2.15. The molecule has 1 aliphatic rings. The molecule has 14 heavy (non-hydrogen) atoms. The molecule has 1 fully saturated rings. The van der Waals surface area contributed by atoms with Crippen LogP contribution in [0.1, 0.15) is 12.8 Å². The zero-order valence-corrected chi connectivity index (χ0v) is 9.39. The van der Waals surface area contributed by atoms with Gasteiger partial charge in [-0.05, 0) is 26.4 Å². The number of nitrogens with zero attached hydrogens (tertiary/aromatic N) is 1. The van der Waals surface area contributed by atoms with Crippen molar-refractivity contribution in [1.82, 2.24) is 10.2 Å². The second-order valence-electron chi connectivity index (χ2n) is 3.80. The van der Waals surface area contributed by atoms with Gasteiger partial charge in [-0.3, -0.25) is 0 Å². The van der Waals surface area contributed by atoms with Crippen molar-refractivity contribution in [2.75, 3.05) is 32.4 Å². The molecule has 0 radical (unpaired) electrons. The molecule has 0 aromatic heterocycles. The summed E-state index contributed by atoms with van der Waals surface area (Å²) in [5, 5.41) is 8.16. The molecule has 84 valence electrons. The summed E-state index contributed by atoms with van der Waals surface area (Å²) in [6.45, 7) is 2.46. The first-order valence-corrected chi connectivity index (χ1v) is 6.63. The van der Waals surface area contributed by atoms with E-state index < -0.39 is 10.0 Å². The molecule has 1 aliphatic heterocycles. The third-order valence-electron chi connectivity index (χ3n) is 2.61. The molecule has 0 aliphatic carbocycles. The molecular weight excluding hydrogens is 202 g/mol. The number of nitrogens with one attached hydrogen (secondary N) is 1. The summed E-state index contributed by atoms with van der Waals surface area (Å²) in [6, 6.07) is 0.490. The van der Waals surface area contributed by atoms with E-state index in [-0.39, 0.29) is 5.75 Å². The van der Waals surface area contributed by atoms with Crippen LogP contribution in [0, 0.1) is 0 Å². The standard InChI is InChI=1S/C8H19N3O2S/c1-10-8-3-2-4-11(7-8)5-6-14(9,12)13/h8,10H,2-7H2,1H3,(H2,9,12,13). The number of sulfonamides is 1. The molecule has 0 amide bonds. The molecule has 5 nitrogen and oxygen atoms in total. The number of likely N-dealkylation sites (tertiary alicyclic amines) is 1. The van der Waals surface area contributed by atoms with E-state index >= 15 is 0 Å². The number of primary sulfonamides is 1. The minimum atomic E-state index is -3.31. The van der Waals surface area contributed by atoms with Crippen molar-refractivity contribution < 1.29 is 8.42 Å². The Labute approximate surface area is 85.7 Å². The Morgan fingerprint density at radius 2 is 2.29 bits per heavy atom. The number of hydrogen-bond donors (Lipinski definition) is 2. The number of likely N-dealkylation sites (N-methyl/N-ethyl adjacent to an activating group) is 1. The molecule has 0 aromatic rings. The SMILES string of the molecule is CNC1CCCN(CCS(N)(=O)=O)C1. The van der Waals surface area contributed by atoms with Crippen LogP contribution in [0.4, 0.5) is 0 Å². The van der Waals surface area contributed by atoms with Crippen LogP contribution in [-0.2, 0) is 10.0 Å². The first kappa shape index (κ1) is 11.9. The lowest BCUT2D eigenvalue weighted by Gasteiger charge is -2.32. The van der Waals surface area contributed by atoms with E-state index in [1.54, 1.807) is 0 Å². The van der Waals surface area contributed by atoms with Crippen molar-refractivity contribution in [1.29, 1.82) is 0 Å². The largest absolute Gasteiger partial charge is 0.316 e. The van der Waals surface area contributed by atoms with E-state index in [1.165, 1.54) is 6.42 Å². The lowest BCUT2D eigenvalue weighted by Crippen LogP contribution is -2.46. The van der Waals surface area contributed by atoms with Gasteiger partial charge in [-0.2, -0.15) is 0 Å². The van der Waals surface area contributed by atoms with Crippen molar-refractivity contribution in [2.24, 2.45) is 5.14 Å². The maximum atomic E-state index is 10.8. The molecule has 1 rings (SSSR count). The van der Waals surface area contributed by atoms with Crippen LogP contribution < -0.4 is 10.5 Å². The smallest absolute Gasteiger partial charge is 0.210 e. The number of rotatable bonds is 4. The van der Waals surface area contributed by atoms with Crippen LogP contribution >= 0.6 is 0 Å². The van der Waals surface area contributed by atoms with Crippen molar-refractivity contribution in [2.45, 2.75) is 18.9 Å². The summed E-state index contributed by atoms with van der Waals surface area (Å²) in [5.41, 5.74) is 0. The van der Waals surface area contributed by atoms with Gasteiger partial charge in [0.2, 0.25) is 10.0 Å². The topological polar surface area (TPSA) is 75.4 Å². The third kappa shape index (κ3) is 4.36. The second kappa shape index (κ2) is 5.06. The van der Waals surface area contributed by atoms with E-state index in [2.05, 4.69) is 10.2 Å². The highest BCUT2D eigenvalue weighted by atomic mass is 32.2. The van der Waals surface area contributed by atoms with Crippen molar-refractivity contribution >= 4 is 10.0 Å². The fourth-order valence-electron chi connectivity index (χ4n) is 1.75. The number of hydrogen-bond acceptors (Lipinski definition) is 4. The second-order valence-corrected chi connectivity index (χ2v) is 5.53. The maximum Gasteiger partial charge on any atom is 0.210 e. The van der Waals surface area contributed by atoms with E-state index in [4.69, 9.17) is 5.14 Å². The summed E-state index contributed by atoms with van der Waals surface area (Å²) < 4.78 is 21.5. The molecule has 0 spiro atoms. The number of nitrogens with two attached hydrogens (primary N) is 1. The Morgan fingerprint density at radius 1 is 1.57 bits per heavy atom. The van der Waals surface area contributed by atoms with Gasteiger partial charge < -0.3 is 10.2 Å². The molecule has 1 saturated heterocycles. The van der Waals surface area contributed by atoms with Crippen LogP contribution in [0.15, 0.2) is 0 Å². The molecule has 0 bridgehead atoms. The van der Waals surface area contributed by atoms with Gasteiger partial charge in [0.25, 0.3) is 0 Å². The van der Waals surface area contributed by atoms with E-state index in [1.807, 2.05) is 7.05 Å². The fourth-order valence-corrected chi connectivity index (χ4v) is 2.26. The Kier molecular flexibility index (Phi) is 4.31. The Morgan fingerprint density at radius 3 is 2.86 bits per heavy atom. The van der Waals surface area contributed by atoms with Gasteiger partial charge in [0.05, 0.1) is 5.75 Å². The predicted octanol–water partition coefficient (Wildman–Crippen LogP) is -1.04. The van der Waals surface area contributed by atoms with Crippen LogP contribution in [-0.4, -0.2) is 51.8 Å². The zero-order chi connectivity index (χ0) is 10.6. The molecule has 1 heterocycles. The van der Waals surface area contributed by atoms with Crippen LogP contribution in [0.25, 0.3) is 0 Å². The normalized spacial score (nSPS) is 25.1. The fraction of sp³-hybridized carbons (Fsp3) is 1.00. The van der Waals surface area contributed by atoms with E-state index in [0.29, 0.717) is 12.6 Å². The first-order valence-electron chi connectivity index (χ1n) is 4.91. The van der Waals surface area contributed by atoms with Gasteiger partial charge >= 0.3 is 0 Å². The van der Waals surface area contributed by atoms with Crippen molar-refractivity contribution in [3.8, 4) is 0 Å². The highest BCUT2D eigenvalue weighted by Crippen LogP contribution is 2.09. The van der Waals surface area contributed by atoms with Gasteiger partial charge in [0.15, 0.2) is 0 Å². The summed E-state index contributed by atoms with van der Waals surface area (Å²) in [6.07, 6.45) is 2.29. The highest BCUT2D eigenvalue weighted by molar-refractivity contribution is 7.89. The average molecular weight is 221 g/mol. The third-order valence-corrected chi connectivity index (χ3v) is 3.36. The van der Waals surface area contributed by atoms with Gasteiger partial charge in [-0.15, -0.1) is 0 Å². The number of piperidine rings is 1. The van der Waals surface area contributed by atoms with E-state index in [9.17, 15) is 8.42 Å². The molecule has 1 atom stereocenters. The van der Waals surface area contributed by atoms with Crippen LogP contribution in [0.5, 0.6) is 0 Å². The van der Waals surface area contributed by atoms with Gasteiger partial charge in [0.1, 0.15) is 0 Å². The first-order chi connectivity index (χ1) is 6.51. The van der Waals surface area contributed by atoms with Crippen molar-refractivity contribution in [3.05, 3.63) is 0 Å². The van der Waals surface area contributed by atoms with Crippen LogP contribution in [0.2, 0.25) is 0 Å². The monoisotopic (exact) mass is 221 g/mol. The maximum absolute atomic E-state index is 10.8. The van der Waals surface area contributed by atoms with Crippen molar-refractivity contribution in [3.63, 3.8) is 0 Å². The lowest BCUT2D eigenvalue weighted by atomic mass is 10.1. The van der Waals surface area contributed by atoms with E-state index in [0.717, 1.165) is 19.5 Å². The van der Waals surface area contributed by atoms with Crippen LogP contribution in [0.3, 0.4) is 0 Å². The lowest BCUT2D eigenvalue weighted by molar-refractivity contribution is 0.205. The highest BCUT2D eigenvalue weighted by Gasteiger charge is 2.18. The quantitative estimate of drug-likeness (QED) is 0.636. The summed E-state index contributed by atoms with van der Waals surface area (Å²) in [5.74, 6) is 0.0590. The molecular formula is C8H19N3O2S. The molecule has 1 unspecified atom stereocenters.